The number of hydrogen-bond donors (Lipinski definition) is 3. The summed E-state index contributed by atoms with van der Waals surface area (Å²) in [5.41, 5.74) is 3.09. The molecule has 3 fully saturated rings. The molecule has 3 nitrogen and oxygen atoms in total. The Morgan fingerprint density at radius 3 is 2.53 bits per heavy atom. The maximum absolute atomic E-state index is 10.5. The number of allylic oxidation sites excluding steroid dienone is 3. The van der Waals surface area contributed by atoms with E-state index in [9.17, 15) is 15.3 Å². The lowest BCUT2D eigenvalue weighted by Crippen LogP contribution is -2.37. The van der Waals surface area contributed by atoms with Gasteiger partial charge in [0.05, 0.1) is 18.8 Å². The fourth-order valence-electron chi connectivity index (χ4n) is 8.28. The predicted molar refractivity (Wildman–Crippen MR) is 151 cm³/mol. The molecule has 1 heterocycles. The second-order valence-corrected chi connectivity index (χ2v) is 13.9. The molecule has 2 unspecified atom stereocenters. The van der Waals surface area contributed by atoms with E-state index < -0.39 is 12.2 Å². The van der Waals surface area contributed by atoms with Crippen molar-refractivity contribution >= 4 is 11.3 Å². The van der Waals surface area contributed by atoms with Gasteiger partial charge in [-0.25, -0.2) is 0 Å². The number of aliphatic hydroxyl groups is 3. The molecule has 0 amide bonds. The summed E-state index contributed by atoms with van der Waals surface area (Å²) in [7, 11) is 0. The molecule has 0 aromatic carbocycles. The Labute approximate surface area is 223 Å². The van der Waals surface area contributed by atoms with Gasteiger partial charge in [0.2, 0.25) is 0 Å². The van der Waals surface area contributed by atoms with Crippen LogP contribution in [0.2, 0.25) is 0 Å². The highest BCUT2D eigenvalue weighted by atomic mass is 32.1. The Balaban J connectivity index is 1.40. The lowest BCUT2D eigenvalue weighted by atomic mass is 9.60. The third-order valence-electron chi connectivity index (χ3n) is 10.5. The molecule has 0 saturated heterocycles. The molecule has 0 bridgehead atoms. The van der Waals surface area contributed by atoms with E-state index in [1.807, 2.05) is 0 Å². The minimum absolute atomic E-state index is 0.107. The molecule has 3 aliphatic rings. The maximum Gasteiger partial charge on any atom is 0.0602 e. The van der Waals surface area contributed by atoms with Crippen molar-refractivity contribution in [2.45, 2.75) is 116 Å². The van der Waals surface area contributed by atoms with E-state index in [0.717, 1.165) is 12.3 Å². The van der Waals surface area contributed by atoms with E-state index in [2.05, 4.69) is 57.4 Å². The fraction of sp³-hybridized carbons (Fsp3) is 0.750. The molecule has 0 aliphatic heterocycles. The zero-order valence-electron chi connectivity index (χ0n) is 23.1. The monoisotopic (exact) mass is 514 g/mol. The second-order valence-electron chi connectivity index (χ2n) is 12.9. The van der Waals surface area contributed by atoms with Gasteiger partial charge in [-0.2, -0.15) is 0 Å². The molecule has 4 rings (SSSR count). The van der Waals surface area contributed by atoms with Crippen molar-refractivity contribution in [1.29, 1.82) is 0 Å². The summed E-state index contributed by atoms with van der Waals surface area (Å²) in [6, 6.07) is 4.34. The first-order valence-corrected chi connectivity index (χ1v) is 15.5. The smallest absolute Gasteiger partial charge is 0.0602 e. The van der Waals surface area contributed by atoms with Gasteiger partial charge in [0.25, 0.3) is 0 Å². The molecule has 3 aliphatic carbocycles. The van der Waals surface area contributed by atoms with Crippen LogP contribution in [0.3, 0.4) is 0 Å². The van der Waals surface area contributed by atoms with E-state index in [1.165, 1.54) is 55.4 Å². The Morgan fingerprint density at radius 2 is 1.89 bits per heavy atom. The van der Waals surface area contributed by atoms with Crippen molar-refractivity contribution in [3.63, 3.8) is 0 Å². The van der Waals surface area contributed by atoms with Gasteiger partial charge in [-0.1, -0.05) is 69.9 Å². The average molecular weight is 515 g/mol. The average Bonchev–Trinajstić information content (AvgIpc) is 3.48. The van der Waals surface area contributed by atoms with Crippen LogP contribution in [-0.2, 0) is 5.41 Å². The van der Waals surface area contributed by atoms with Crippen LogP contribution in [0.5, 0.6) is 0 Å². The van der Waals surface area contributed by atoms with Crippen LogP contribution in [0, 0.1) is 29.1 Å². The van der Waals surface area contributed by atoms with Gasteiger partial charge in [-0.15, -0.1) is 11.3 Å². The molecule has 7 atom stereocenters. The van der Waals surface area contributed by atoms with Gasteiger partial charge in [0.1, 0.15) is 0 Å². The van der Waals surface area contributed by atoms with Crippen molar-refractivity contribution < 1.29 is 15.3 Å². The van der Waals surface area contributed by atoms with E-state index >= 15 is 0 Å². The number of rotatable bonds is 9. The van der Waals surface area contributed by atoms with Gasteiger partial charge >= 0.3 is 0 Å². The lowest BCUT2D eigenvalue weighted by Gasteiger charge is -2.44. The molecule has 3 saturated carbocycles. The largest absolute Gasteiger partial charge is 0.395 e. The molecule has 0 radical (unpaired) electrons. The summed E-state index contributed by atoms with van der Waals surface area (Å²) in [6.07, 6.45) is 15.6. The minimum atomic E-state index is -0.396. The summed E-state index contributed by atoms with van der Waals surface area (Å²) in [6.45, 7) is 9.83. The molecule has 1 aromatic heterocycles. The molecule has 4 heteroatoms. The van der Waals surface area contributed by atoms with E-state index in [1.54, 1.807) is 16.9 Å². The lowest BCUT2D eigenvalue weighted by molar-refractivity contribution is 0.0609. The molecular formula is C32H50O3S. The summed E-state index contributed by atoms with van der Waals surface area (Å²) < 4.78 is 0. The zero-order valence-corrected chi connectivity index (χ0v) is 23.9. The second kappa shape index (κ2) is 11.8. The van der Waals surface area contributed by atoms with Crippen LogP contribution >= 0.6 is 11.3 Å². The van der Waals surface area contributed by atoms with Crippen LogP contribution in [0.1, 0.15) is 103 Å². The fourth-order valence-corrected chi connectivity index (χ4v) is 9.38. The van der Waals surface area contributed by atoms with Crippen molar-refractivity contribution in [1.82, 2.24) is 0 Å². The maximum atomic E-state index is 10.5. The number of fused-ring (bicyclic) bond motifs is 1. The van der Waals surface area contributed by atoms with Crippen LogP contribution in [0.25, 0.3) is 0 Å². The summed E-state index contributed by atoms with van der Waals surface area (Å²) in [5, 5.41) is 32.7. The van der Waals surface area contributed by atoms with Gasteiger partial charge in [0, 0.05) is 10.3 Å². The van der Waals surface area contributed by atoms with Crippen molar-refractivity contribution in [3.8, 4) is 0 Å². The standard InChI is InChI=1S/C32H50O3S/c1-22(2)32(21-33,30-10-7-17-36-30)16-5-8-23(3)28-13-14-29-25(9-6-15-31(28,29)4)12-11-24-18-26(34)20-27(35)19-24/h7,10-12,17,22-23,26-29,33-35H,5-6,8-9,13-16,18-21H2,1-4H3/b24-11?,25-12-/t23?,26-,27+,28-,29?,31-,32-/m1/s1. The van der Waals surface area contributed by atoms with Crippen LogP contribution in [-0.4, -0.2) is 34.1 Å². The van der Waals surface area contributed by atoms with Crippen LogP contribution in [0.4, 0.5) is 0 Å². The Bertz CT molecular complexity index is 891. The normalized spacial score (nSPS) is 35.8. The summed E-state index contributed by atoms with van der Waals surface area (Å²) >= 11 is 1.80. The van der Waals surface area contributed by atoms with E-state index in [-0.39, 0.29) is 12.0 Å². The third kappa shape index (κ3) is 5.72. The Kier molecular flexibility index (Phi) is 9.24. The SMILES string of the molecule is CC(CCC[C@](CO)(c1cccs1)C(C)C)[C@H]1CCC2/C(=C\C=C3C[C@@H](O)C[C@@H](O)C3)CCC[C@@]21C. The molecule has 36 heavy (non-hydrogen) atoms. The Morgan fingerprint density at radius 1 is 1.14 bits per heavy atom. The van der Waals surface area contributed by atoms with Crippen molar-refractivity contribution in [2.75, 3.05) is 6.61 Å². The van der Waals surface area contributed by atoms with Crippen LogP contribution < -0.4 is 0 Å². The summed E-state index contributed by atoms with van der Waals surface area (Å²) in [4.78, 5) is 1.34. The minimum Gasteiger partial charge on any atom is -0.395 e. The Hall–Kier alpha value is -0.940. The van der Waals surface area contributed by atoms with Crippen molar-refractivity contribution in [2.24, 2.45) is 29.1 Å². The highest BCUT2D eigenvalue weighted by Gasteiger charge is 2.50. The topological polar surface area (TPSA) is 60.7 Å². The van der Waals surface area contributed by atoms with Gasteiger partial charge in [0.15, 0.2) is 0 Å². The van der Waals surface area contributed by atoms with E-state index in [0.29, 0.717) is 42.4 Å². The predicted octanol–water partition coefficient (Wildman–Crippen LogP) is 7.42. The zero-order chi connectivity index (χ0) is 25.9. The third-order valence-corrected chi connectivity index (χ3v) is 11.6. The first-order valence-electron chi connectivity index (χ1n) is 14.6. The van der Waals surface area contributed by atoms with Gasteiger partial charge < -0.3 is 15.3 Å². The molecular weight excluding hydrogens is 464 g/mol. The first-order chi connectivity index (χ1) is 17.2. The number of thiophene rings is 1. The molecule has 202 valence electrons. The number of hydrogen-bond acceptors (Lipinski definition) is 4. The van der Waals surface area contributed by atoms with Gasteiger partial charge in [-0.05, 0) is 98.3 Å². The van der Waals surface area contributed by atoms with Crippen molar-refractivity contribution in [3.05, 3.63) is 45.7 Å². The molecule has 3 N–H and O–H groups in total. The molecule has 0 spiro atoms. The highest BCUT2D eigenvalue weighted by Crippen LogP contribution is 2.60. The molecule has 1 aromatic rings. The highest BCUT2D eigenvalue weighted by molar-refractivity contribution is 7.10. The van der Waals surface area contributed by atoms with Gasteiger partial charge in [-0.3, -0.25) is 0 Å². The number of aliphatic hydroxyl groups excluding tert-OH is 3. The first kappa shape index (κ1) is 28.1. The van der Waals surface area contributed by atoms with E-state index in [4.69, 9.17) is 0 Å². The van der Waals surface area contributed by atoms with Crippen LogP contribution in [0.15, 0.2) is 40.8 Å². The quantitative estimate of drug-likeness (QED) is 0.321. The summed E-state index contributed by atoms with van der Waals surface area (Å²) in [5.74, 6) is 2.57.